The van der Waals surface area contributed by atoms with Crippen molar-refractivity contribution in [1.82, 2.24) is 4.98 Å². The second-order valence-corrected chi connectivity index (χ2v) is 7.78. The molecule has 6 nitrogen and oxygen atoms in total. The Labute approximate surface area is 187 Å². The molecule has 0 amide bonds. The second-order valence-electron chi connectivity index (χ2n) is 7.37. The van der Waals surface area contributed by atoms with Crippen molar-refractivity contribution in [2.75, 3.05) is 12.8 Å². The van der Waals surface area contributed by atoms with E-state index in [-0.39, 0.29) is 11.9 Å². The third kappa shape index (κ3) is 3.83. The van der Waals surface area contributed by atoms with E-state index in [9.17, 15) is 10.5 Å². The van der Waals surface area contributed by atoms with Gasteiger partial charge in [-0.05, 0) is 67.7 Å². The number of methoxy groups -OCH3 is 1. The summed E-state index contributed by atoms with van der Waals surface area (Å²) in [6.07, 6.45) is 2.73. The number of halogens is 1. The first kappa shape index (κ1) is 22.2. The molecule has 1 aliphatic rings. The number of nitrogens with two attached hydrogens (primary N) is 1. The van der Waals surface area contributed by atoms with Crippen LogP contribution in [-0.2, 0) is 0 Å². The first-order valence-electron chi connectivity index (χ1n) is 9.85. The minimum Gasteiger partial charge on any atom is -0.493 e. The molecule has 1 heterocycles. The molecule has 1 aromatic carbocycles. The smallest absolute Gasteiger partial charge is 0.180 e. The minimum atomic E-state index is -0.00994. The van der Waals surface area contributed by atoms with E-state index in [2.05, 4.69) is 17.1 Å². The normalized spacial score (nSPS) is 14.8. The standard InChI is InChI=1S/C24H23ClN4O2/c1-6-12(2)31-23-19(25)8-15(9-20(23)30-5)7-16-13(3)17(10-26)22-21(16)14(4)18(11-27)24(28)29-22/h7-9,12H,6H2,1-5H3,(H2,28,29)/b16-7-/t12-/m0/s1. The number of aromatic nitrogens is 1. The summed E-state index contributed by atoms with van der Waals surface area (Å²) in [6, 6.07) is 7.95. The molecular formula is C24H23ClN4O2. The number of nitrogen functional groups attached to an aromatic ring is 1. The van der Waals surface area contributed by atoms with Crippen LogP contribution in [0.5, 0.6) is 11.5 Å². The summed E-state index contributed by atoms with van der Waals surface area (Å²) < 4.78 is 11.4. The van der Waals surface area contributed by atoms with E-state index in [4.69, 9.17) is 26.8 Å². The number of rotatable bonds is 5. The fraction of sp³-hybridized carbons (Fsp3) is 0.292. The van der Waals surface area contributed by atoms with Gasteiger partial charge in [0, 0.05) is 5.56 Å². The molecule has 1 atom stereocenters. The van der Waals surface area contributed by atoms with Crippen LogP contribution in [0.4, 0.5) is 5.82 Å². The molecule has 2 N–H and O–H groups in total. The second kappa shape index (κ2) is 8.71. The Morgan fingerprint density at radius 1 is 1.26 bits per heavy atom. The van der Waals surface area contributed by atoms with Gasteiger partial charge < -0.3 is 15.2 Å². The molecule has 2 aromatic rings. The molecule has 0 saturated heterocycles. The van der Waals surface area contributed by atoms with Crippen molar-refractivity contribution in [2.45, 2.75) is 40.2 Å². The van der Waals surface area contributed by atoms with Gasteiger partial charge in [0.05, 0.1) is 35.1 Å². The lowest BCUT2D eigenvalue weighted by Gasteiger charge is -2.17. The Morgan fingerprint density at radius 2 is 1.97 bits per heavy atom. The van der Waals surface area contributed by atoms with Gasteiger partial charge in [0.15, 0.2) is 11.5 Å². The largest absolute Gasteiger partial charge is 0.493 e. The zero-order valence-electron chi connectivity index (χ0n) is 18.1. The summed E-state index contributed by atoms with van der Waals surface area (Å²) in [5, 5.41) is 19.6. The molecule has 0 radical (unpaired) electrons. The number of ether oxygens (including phenoxy) is 2. The number of hydrogen-bond acceptors (Lipinski definition) is 6. The van der Waals surface area contributed by atoms with Crippen molar-refractivity contribution in [1.29, 1.82) is 10.5 Å². The summed E-state index contributed by atoms with van der Waals surface area (Å²) in [4.78, 5) is 4.35. The van der Waals surface area contributed by atoms with Crippen molar-refractivity contribution in [2.24, 2.45) is 0 Å². The number of fused-ring (bicyclic) bond motifs is 1. The van der Waals surface area contributed by atoms with E-state index in [1.165, 1.54) is 0 Å². The highest BCUT2D eigenvalue weighted by Crippen LogP contribution is 2.45. The van der Waals surface area contributed by atoms with Crippen molar-refractivity contribution < 1.29 is 9.47 Å². The minimum absolute atomic E-state index is 0.00994. The van der Waals surface area contributed by atoms with Gasteiger partial charge in [-0.2, -0.15) is 10.5 Å². The average Bonchev–Trinajstić information content (AvgIpc) is 3.00. The van der Waals surface area contributed by atoms with E-state index < -0.39 is 0 Å². The fourth-order valence-electron chi connectivity index (χ4n) is 3.58. The predicted molar refractivity (Wildman–Crippen MR) is 123 cm³/mol. The van der Waals surface area contributed by atoms with Crippen molar-refractivity contribution in [3.63, 3.8) is 0 Å². The number of allylic oxidation sites excluding steroid dienone is 3. The summed E-state index contributed by atoms with van der Waals surface area (Å²) in [6.45, 7) is 7.66. The van der Waals surface area contributed by atoms with Crippen LogP contribution >= 0.6 is 11.6 Å². The first-order valence-corrected chi connectivity index (χ1v) is 10.2. The molecule has 31 heavy (non-hydrogen) atoms. The lowest BCUT2D eigenvalue weighted by atomic mass is 9.95. The topological polar surface area (TPSA) is 105 Å². The number of hydrogen-bond donors (Lipinski definition) is 1. The molecule has 0 unspecified atom stereocenters. The Balaban J connectivity index is 2.22. The molecule has 0 saturated carbocycles. The van der Waals surface area contributed by atoms with Crippen molar-refractivity contribution in [3.05, 3.63) is 50.7 Å². The number of nitrogens with zero attached hydrogens (tertiary/aromatic N) is 3. The predicted octanol–water partition coefficient (Wildman–Crippen LogP) is 5.53. The highest BCUT2D eigenvalue weighted by atomic mass is 35.5. The highest BCUT2D eigenvalue weighted by Gasteiger charge is 2.29. The fourth-order valence-corrected chi connectivity index (χ4v) is 3.85. The lowest BCUT2D eigenvalue weighted by Crippen LogP contribution is -2.11. The van der Waals surface area contributed by atoms with Crippen LogP contribution in [0.25, 0.3) is 17.2 Å². The van der Waals surface area contributed by atoms with E-state index in [1.807, 2.05) is 39.8 Å². The molecule has 158 valence electrons. The van der Waals surface area contributed by atoms with Crippen LogP contribution in [0.2, 0.25) is 5.02 Å². The lowest BCUT2D eigenvalue weighted by molar-refractivity contribution is 0.208. The third-order valence-corrected chi connectivity index (χ3v) is 5.72. The SMILES string of the molecule is CC[C@H](C)Oc1c(Cl)cc(/C=C2/C(C)=C(C#N)c3nc(N)c(C#N)c(C)c32)cc1OC. The van der Waals surface area contributed by atoms with Gasteiger partial charge in [0.2, 0.25) is 0 Å². The summed E-state index contributed by atoms with van der Waals surface area (Å²) in [7, 11) is 1.56. The van der Waals surface area contributed by atoms with Gasteiger partial charge >= 0.3 is 0 Å². The van der Waals surface area contributed by atoms with Crippen molar-refractivity contribution in [3.8, 4) is 23.6 Å². The number of nitriles is 2. The summed E-state index contributed by atoms with van der Waals surface area (Å²) >= 11 is 6.52. The van der Waals surface area contributed by atoms with Crippen LogP contribution in [-0.4, -0.2) is 18.2 Å². The molecular weight excluding hydrogens is 412 g/mol. The Bertz CT molecular complexity index is 1220. The van der Waals surface area contributed by atoms with E-state index in [0.717, 1.165) is 28.7 Å². The summed E-state index contributed by atoms with van der Waals surface area (Å²) in [5.74, 6) is 1.14. The van der Waals surface area contributed by atoms with Crippen LogP contribution < -0.4 is 15.2 Å². The molecule has 0 spiro atoms. The first-order chi connectivity index (χ1) is 14.8. The molecule has 0 bridgehead atoms. The molecule has 1 aliphatic carbocycles. The van der Waals surface area contributed by atoms with Gasteiger partial charge in [0.1, 0.15) is 18.0 Å². The van der Waals surface area contributed by atoms with Crippen LogP contribution in [0.3, 0.4) is 0 Å². The van der Waals surface area contributed by atoms with Gasteiger partial charge in [-0.3, -0.25) is 0 Å². The zero-order valence-corrected chi connectivity index (χ0v) is 18.9. The molecule has 0 aliphatic heterocycles. The number of anilines is 1. The summed E-state index contributed by atoms with van der Waals surface area (Å²) in [5.41, 5.74) is 11.0. The van der Waals surface area contributed by atoms with Crippen LogP contribution in [0.15, 0.2) is 17.7 Å². The van der Waals surface area contributed by atoms with Gasteiger partial charge in [-0.1, -0.05) is 18.5 Å². The quantitative estimate of drug-likeness (QED) is 0.662. The zero-order chi connectivity index (χ0) is 22.9. The average molecular weight is 435 g/mol. The van der Waals surface area contributed by atoms with Gasteiger partial charge in [0.25, 0.3) is 0 Å². The Hall–Kier alpha value is -3.48. The molecule has 3 rings (SSSR count). The highest BCUT2D eigenvalue weighted by molar-refractivity contribution is 6.32. The maximum absolute atomic E-state index is 9.71. The van der Waals surface area contributed by atoms with Gasteiger partial charge in [-0.15, -0.1) is 0 Å². The Morgan fingerprint density at radius 3 is 2.55 bits per heavy atom. The van der Waals surface area contributed by atoms with E-state index in [0.29, 0.717) is 38.9 Å². The molecule has 7 heteroatoms. The van der Waals surface area contributed by atoms with E-state index >= 15 is 0 Å². The van der Waals surface area contributed by atoms with Crippen LogP contribution in [0, 0.1) is 29.6 Å². The molecule has 0 fully saturated rings. The van der Waals surface area contributed by atoms with E-state index in [1.54, 1.807) is 13.2 Å². The van der Waals surface area contributed by atoms with Crippen molar-refractivity contribution >= 4 is 34.6 Å². The molecule has 1 aromatic heterocycles. The third-order valence-electron chi connectivity index (χ3n) is 5.44. The number of pyridine rings is 1. The Kier molecular flexibility index (Phi) is 6.24. The van der Waals surface area contributed by atoms with Gasteiger partial charge in [-0.25, -0.2) is 4.98 Å². The monoisotopic (exact) mass is 434 g/mol. The number of benzene rings is 1. The maximum atomic E-state index is 9.71. The maximum Gasteiger partial charge on any atom is 0.180 e. The van der Waals surface area contributed by atoms with Crippen LogP contribution in [0.1, 0.15) is 55.1 Å².